The Morgan fingerprint density at radius 1 is 0.718 bits per heavy atom. The SMILES string of the molecule is CNC(=O)[C@H](C)CC(=O)Cc1ccc(CCC(=O)CCCCCCCC(=O)C[C@H](CCC(=O)O)C(=O)O)cc1. The number of amides is 1. The fourth-order valence-corrected chi connectivity index (χ4v) is 4.38. The summed E-state index contributed by atoms with van der Waals surface area (Å²) in [4.78, 5) is 69.8. The number of unbranched alkanes of at least 4 members (excludes halogenated alkanes) is 4. The molecule has 0 aliphatic heterocycles. The molecule has 0 bridgehead atoms. The standard InChI is InChI=1S/C30H43NO8/c1-21(29(37)31-2)18-27(34)19-23-12-10-22(11-13-23)14-16-25(32)8-6-4-3-5-7-9-26(33)20-24(30(38)39)15-17-28(35)36/h10-13,21,24H,3-9,14-20H2,1-2H3,(H,31,37)(H,35,36)(H,38,39)/t21-,24+/m1/s1. The van der Waals surface area contributed by atoms with Crippen molar-refractivity contribution in [3.8, 4) is 0 Å². The number of rotatable bonds is 22. The second-order valence-corrected chi connectivity index (χ2v) is 10.3. The lowest BCUT2D eigenvalue weighted by Gasteiger charge is -2.10. The predicted molar refractivity (Wildman–Crippen MR) is 146 cm³/mol. The van der Waals surface area contributed by atoms with Crippen molar-refractivity contribution in [2.45, 2.75) is 96.8 Å². The van der Waals surface area contributed by atoms with Crippen molar-refractivity contribution >= 4 is 35.2 Å². The molecular formula is C30H43NO8. The Balaban J connectivity index is 2.17. The zero-order chi connectivity index (χ0) is 29.2. The van der Waals surface area contributed by atoms with Crippen molar-refractivity contribution in [3.05, 3.63) is 35.4 Å². The summed E-state index contributed by atoms with van der Waals surface area (Å²) in [6.45, 7) is 1.73. The average Bonchev–Trinajstić information content (AvgIpc) is 2.89. The monoisotopic (exact) mass is 545 g/mol. The molecule has 216 valence electrons. The van der Waals surface area contributed by atoms with Crippen LogP contribution in [0, 0.1) is 11.8 Å². The quantitative estimate of drug-likeness (QED) is 0.182. The summed E-state index contributed by atoms with van der Waals surface area (Å²) < 4.78 is 0. The van der Waals surface area contributed by atoms with Crippen LogP contribution in [0.1, 0.15) is 95.1 Å². The zero-order valence-electron chi connectivity index (χ0n) is 23.2. The van der Waals surface area contributed by atoms with Gasteiger partial charge in [0, 0.05) is 57.9 Å². The summed E-state index contributed by atoms with van der Waals surface area (Å²) in [5, 5.41) is 20.4. The fourth-order valence-electron chi connectivity index (χ4n) is 4.38. The molecule has 1 amide bonds. The highest BCUT2D eigenvalue weighted by Crippen LogP contribution is 2.16. The molecular weight excluding hydrogens is 502 g/mol. The zero-order valence-corrected chi connectivity index (χ0v) is 23.2. The molecule has 1 rings (SSSR count). The number of hydrogen-bond donors (Lipinski definition) is 3. The van der Waals surface area contributed by atoms with Crippen molar-refractivity contribution in [1.82, 2.24) is 5.32 Å². The normalized spacial score (nSPS) is 12.4. The Hall–Kier alpha value is -3.36. The van der Waals surface area contributed by atoms with Crippen molar-refractivity contribution in [2.75, 3.05) is 7.05 Å². The second-order valence-electron chi connectivity index (χ2n) is 10.3. The van der Waals surface area contributed by atoms with Gasteiger partial charge in [0.1, 0.15) is 17.3 Å². The van der Waals surface area contributed by atoms with Crippen LogP contribution in [0.2, 0.25) is 0 Å². The van der Waals surface area contributed by atoms with Gasteiger partial charge in [-0.15, -0.1) is 0 Å². The van der Waals surface area contributed by atoms with Gasteiger partial charge in [-0.05, 0) is 36.8 Å². The molecule has 0 aliphatic rings. The molecule has 0 unspecified atom stereocenters. The summed E-state index contributed by atoms with van der Waals surface area (Å²) >= 11 is 0. The number of nitrogens with one attached hydrogen (secondary N) is 1. The van der Waals surface area contributed by atoms with Crippen LogP contribution in [0.5, 0.6) is 0 Å². The number of hydrogen-bond acceptors (Lipinski definition) is 6. The molecule has 0 radical (unpaired) electrons. The molecule has 0 heterocycles. The highest BCUT2D eigenvalue weighted by atomic mass is 16.4. The van der Waals surface area contributed by atoms with Crippen molar-refractivity contribution in [2.24, 2.45) is 11.8 Å². The molecule has 0 aliphatic carbocycles. The minimum Gasteiger partial charge on any atom is -0.481 e. The van der Waals surface area contributed by atoms with Gasteiger partial charge < -0.3 is 15.5 Å². The maximum Gasteiger partial charge on any atom is 0.306 e. The van der Waals surface area contributed by atoms with Crippen molar-refractivity contribution in [1.29, 1.82) is 0 Å². The number of carbonyl (C=O) groups excluding carboxylic acids is 4. The number of ketones is 3. The Labute approximate surface area is 230 Å². The first-order valence-corrected chi connectivity index (χ1v) is 13.8. The maximum atomic E-state index is 12.2. The van der Waals surface area contributed by atoms with E-state index in [1.807, 2.05) is 24.3 Å². The Morgan fingerprint density at radius 2 is 1.28 bits per heavy atom. The third-order valence-corrected chi connectivity index (χ3v) is 6.79. The van der Waals surface area contributed by atoms with Crippen LogP contribution in [0.25, 0.3) is 0 Å². The second kappa shape index (κ2) is 18.8. The van der Waals surface area contributed by atoms with E-state index in [1.165, 1.54) is 0 Å². The van der Waals surface area contributed by atoms with E-state index in [-0.39, 0.29) is 67.7 Å². The fraction of sp³-hybridized carbons (Fsp3) is 0.600. The third-order valence-electron chi connectivity index (χ3n) is 6.79. The van der Waals surface area contributed by atoms with E-state index in [0.29, 0.717) is 25.7 Å². The van der Waals surface area contributed by atoms with Crippen LogP contribution in [0.4, 0.5) is 0 Å². The van der Waals surface area contributed by atoms with Gasteiger partial charge in [0.15, 0.2) is 0 Å². The first-order chi connectivity index (χ1) is 18.5. The van der Waals surface area contributed by atoms with Crippen molar-refractivity contribution < 1.29 is 39.0 Å². The molecule has 2 atom stereocenters. The molecule has 0 aromatic heterocycles. The average molecular weight is 546 g/mol. The van der Waals surface area contributed by atoms with Crippen LogP contribution in [0.15, 0.2) is 24.3 Å². The molecule has 39 heavy (non-hydrogen) atoms. The molecule has 1 aromatic carbocycles. The lowest BCUT2D eigenvalue weighted by atomic mass is 9.95. The first-order valence-electron chi connectivity index (χ1n) is 13.8. The number of benzene rings is 1. The van der Waals surface area contributed by atoms with Gasteiger partial charge in [0.2, 0.25) is 5.91 Å². The van der Waals surface area contributed by atoms with Crippen LogP contribution in [0.3, 0.4) is 0 Å². The number of carboxylic acid groups (broad SMARTS) is 2. The topological polar surface area (TPSA) is 155 Å². The summed E-state index contributed by atoms with van der Waals surface area (Å²) in [6, 6.07) is 7.66. The number of Topliss-reactive ketones (excluding diaryl/α,β-unsaturated/α-hetero) is 3. The van der Waals surface area contributed by atoms with Gasteiger partial charge in [-0.1, -0.05) is 50.5 Å². The molecule has 3 N–H and O–H groups in total. The molecule has 9 heteroatoms. The maximum absolute atomic E-state index is 12.2. The largest absolute Gasteiger partial charge is 0.481 e. The van der Waals surface area contributed by atoms with E-state index in [4.69, 9.17) is 10.2 Å². The van der Waals surface area contributed by atoms with Gasteiger partial charge in [-0.3, -0.25) is 28.8 Å². The first kappa shape index (κ1) is 33.7. The van der Waals surface area contributed by atoms with Gasteiger partial charge >= 0.3 is 11.9 Å². The summed E-state index contributed by atoms with van der Waals surface area (Å²) in [5.74, 6) is -3.58. The van der Waals surface area contributed by atoms with E-state index >= 15 is 0 Å². The van der Waals surface area contributed by atoms with Gasteiger partial charge in [-0.25, -0.2) is 0 Å². The van der Waals surface area contributed by atoms with Crippen LogP contribution < -0.4 is 5.32 Å². The number of aryl methyl sites for hydroxylation is 1. The van der Waals surface area contributed by atoms with Gasteiger partial charge in [0.25, 0.3) is 0 Å². The van der Waals surface area contributed by atoms with Crippen LogP contribution >= 0.6 is 0 Å². The predicted octanol–water partition coefficient (Wildman–Crippen LogP) is 4.33. The molecule has 1 aromatic rings. The Kier molecular flexibility index (Phi) is 16.2. The van der Waals surface area contributed by atoms with E-state index in [1.54, 1.807) is 14.0 Å². The smallest absolute Gasteiger partial charge is 0.306 e. The number of aliphatic carboxylic acids is 2. The lowest BCUT2D eigenvalue weighted by Crippen LogP contribution is -2.27. The third kappa shape index (κ3) is 15.6. The minimum atomic E-state index is -1.14. The minimum absolute atomic E-state index is 0.0143. The van der Waals surface area contributed by atoms with Crippen LogP contribution in [-0.2, 0) is 41.6 Å². The van der Waals surface area contributed by atoms with E-state index in [2.05, 4.69) is 5.32 Å². The summed E-state index contributed by atoms with van der Waals surface area (Å²) in [5.41, 5.74) is 1.93. The van der Waals surface area contributed by atoms with E-state index in [0.717, 1.165) is 36.8 Å². The molecule has 0 saturated carbocycles. The summed E-state index contributed by atoms with van der Waals surface area (Å²) in [7, 11) is 1.55. The Bertz CT molecular complexity index is 970. The van der Waals surface area contributed by atoms with Crippen LogP contribution in [-0.4, -0.2) is 52.5 Å². The highest BCUT2D eigenvalue weighted by molar-refractivity contribution is 5.87. The molecule has 0 saturated heterocycles. The molecule has 0 spiro atoms. The number of carboxylic acids is 2. The number of carbonyl (C=O) groups is 6. The van der Waals surface area contributed by atoms with E-state index in [9.17, 15) is 28.8 Å². The molecule has 0 fully saturated rings. The molecule has 9 nitrogen and oxygen atoms in total. The highest BCUT2D eigenvalue weighted by Gasteiger charge is 2.22. The summed E-state index contributed by atoms with van der Waals surface area (Å²) in [6.07, 6.45) is 6.01. The van der Waals surface area contributed by atoms with Gasteiger partial charge in [0.05, 0.1) is 5.92 Å². The Morgan fingerprint density at radius 3 is 1.85 bits per heavy atom. The lowest BCUT2D eigenvalue weighted by molar-refractivity contribution is -0.145. The van der Waals surface area contributed by atoms with Crippen molar-refractivity contribution in [3.63, 3.8) is 0 Å². The van der Waals surface area contributed by atoms with Gasteiger partial charge in [-0.2, -0.15) is 0 Å². The van der Waals surface area contributed by atoms with E-state index < -0.39 is 17.9 Å².